The molecule has 0 amide bonds. The van der Waals surface area contributed by atoms with Crippen molar-refractivity contribution in [1.29, 1.82) is 0 Å². The number of benzene rings is 3. The summed E-state index contributed by atoms with van der Waals surface area (Å²) >= 11 is 0. The molecule has 0 atom stereocenters. The van der Waals surface area contributed by atoms with Crippen LogP contribution in [-0.2, 0) is 0 Å². The smallest absolute Gasteiger partial charge is 0.136 e. The molecule has 0 aliphatic carbocycles. The highest BCUT2D eigenvalue weighted by Crippen LogP contribution is 2.41. The molecule has 0 fully saturated rings. The van der Waals surface area contributed by atoms with Crippen LogP contribution in [0.4, 0.5) is 5.69 Å². The second-order valence-electron chi connectivity index (χ2n) is 5.19. The molecule has 2 heteroatoms. The fourth-order valence-electron chi connectivity index (χ4n) is 3.17. The third-order valence-corrected chi connectivity index (χ3v) is 4.10. The quantitative estimate of drug-likeness (QED) is 0.474. The zero-order valence-corrected chi connectivity index (χ0v) is 10.8. The van der Waals surface area contributed by atoms with Gasteiger partial charge in [-0.1, -0.05) is 36.4 Å². The van der Waals surface area contributed by atoms with E-state index in [2.05, 4.69) is 54.6 Å². The first-order valence-electron chi connectivity index (χ1n) is 6.79. The van der Waals surface area contributed by atoms with Crippen LogP contribution in [0.5, 0.6) is 5.75 Å². The first kappa shape index (κ1) is 10.2. The summed E-state index contributed by atoms with van der Waals surface area (Å²) < 4.78 is 5.79. The Morgan fingerprint density at radius 2 is 1.90 bits per heavy atom. The lowest BCUT2D eigenvalue weighted by Crippen LogP contribution is -2.09. The van der Waals surface area contributed by atoms with Crippen molar-refractivity contribution >= 4 is 22.5 Å². The lowest BCUT2D eigenvalue weighted by molar-refractivity contribution is 0.387. The van der Waals surface area contributed by atoms with Crippen LogP contribution >= 0.6 is 0 Å². The van der Waals surface area contributed by atoms with E-state index in [0.717, 1.165) is 22.4 Å². The van der Waals surface area contributed by atoms with Crippen molar-refractivity contribution in [3.05, 3.63) is 59.1 Å². The molecule has 3 aromatic carbocycles. The molecule has 0 bridgehead atoms. The fraction of sp³-hybridized carbons (Fsp3) is 0.0556. The number of hydrogen-bond acceptors (Lipinski definition) is 2. The second-order valence-corrected chi connectivity index (χ2v) is 5.19. The third-order valence-electron chi connectivity index (χ3n) is 4.10. The van der Waals surface area contributed by atoms with Gasteiger partial charge in [0.25, 0.3) is 0 Å². The minimum Gasteiger partial charge on any atom is -0.488 e. The molecule has 2 aliphatic heterocycles. The van der Waals surface area contributed by atoms with Crippen LogP contribution < -0.4 is 15.3 Å². The highest BCUT2D eigenvalue weighted by atomic mass is 16.5. The van der Waals surface area contributed by atoms with E-state index in [4.69, 9.17) is 9.73 Å². The molecule has 0 aromatic heterocycles. The molecule has 0 saturated heterocycles. The maximum atomic E-state index is 5.79. The van der Waals surface area contributed by atoms with Gasteiger partial charge in [0.1, 0.15) is 12.4 Å². The number of hydrogen-bond donors (Lipinski definition) is 0. The maximum Gasteiger partial charge on any atom is 0.136 e. The first-order valence-corrected chi connectivity index (χ1v) is 6.79. The molecule has 0 unspecified atom stereocenters. The predicted octanol–water partition coefficient (Wildman–Crippen LogP) is 2.94. The monoisotopic (exact) mass is 257 g/mol. The highest BCUT2D eigenvalue weighted by Gasteiger charge is 2.22. The van der Waals surface area contributed by atoms with Gasteiger partial charge in [-0.15, -0.1) is 0 Å². The summed E-state index contributed by atoms with van der Waals surface area (Å²) in [6.07, 6.45) is 2.12. The number of nitrogens with zero attached hydrogens (tertiary/aromatic N) is 1. The van der Waals surface area contributed by atoms with Crippen molar-refractivity contribution in [2.75, 3.05) is 6.61 Å². The van der Waals surface area contributed by atoms with Gasteiger partial charge in [0.05, 0.1) is 16.6 Å². The lowest BCUT2D eigenvalue weighted by atomic mass is 9.99. The van der Waals surface area contributed by atoms with Gasteiger partial charge in [-0.05, 0) is 23.6 Å². The molecule has 0 N–H and O–H groups in total. The van der Waals surface area contributed by atoms with E-state index in [1.165, 1.54) is 21.6 Å². The average Bonchev–Trinajstić information content (AvgIpc) is 3.10. The summed E-state index contributed by atoms with van der Waals surface area (Å²) in [7, 11) is 0. The summed E-state index contributed by atoms with van der Waals surface area (Å²) in [5, 5.41) is 4.63. The Kier molecular flexibility index (Phi) is 1.78. The van der Waals surface area contributed by atoms with Crippen LogP contribution in [0.15, 0.2) is 53.5 Å². The number of ether oxygens (including phenoxy) is 1. The summed E-state index contributed by atoms with van der Waals surface area (Å²) in [6.45, 7) is 0.661. The van der Waals surface area contributed by atoms with Gasteiger partial charge in [-0.25, -0.2) is 4.99 Å². The Labute approximate surface area is 115 Å². The normalized spacial score (nSPS) is 14.0. The van der Waals surface area contributed by atoms with E-state index < -0.39 is 0 Å². The van der Waals surface area contributed by atoms with E-state index in [0.29, 0.717) is 6.61 Å². The van der Waals surface area contributed by atoms with Crippen LogP contribution in [-0.4, -0.2) is 6.61 Å². The Balaban J connectivity index is 1.96. The Morgan fingerprint density at radius 1 is 0.950 bits per heavy atom. The van der Waals surface area contributed by atoms with Gasteiger partial charge in [0.2, 0.25) is 0 Å². The molecule has 5 rings (SSSR count). The Morgan fingerprint density at radius 3 is 2.90 bits per heavy atom. The standard InChI is InChI=1S/C18H11NO/c1-2-4-13-11(3-1)5-7-14-16-15(19-17(13)14)8-6-12-9-10-20-18(12)16/h1-9H,10H2. The number of fused-ring (bicyclic) bond motifs is 7. The summed E-state index contributed by atoms with van der Waals surface area (Å²) in [5.41, 5.74) is 3.41. The van der Waals surface area contributed by atoms with Gasteiger partial charge >= 0.3 is 0 Å². The Bertz CT molecular complexity index is 1000. The van der Waals surface area contributed by atoms with E-state index in [9.17, 15) is 0 Å². The zero-order valence-electron chi connectivity index (χ0n) is 10.8. The van der Waals surface area contributed by atoms with E-state index in [1.807, 2.05) is 0 Å². The minimum absolute atomic E-state index is 0.661. The van der Waals surface area contributed by atoms with Crippen LogP contribution in [0.1, 0.15) is 0 Å². The lowest BCUT2D eigenvalue weighted by Gasteiger charge is -2.07. The first-order chi connectivity index (χ1) is 9.92. The van der Waals surface area contributed by atoms with Crippen molar-refractivity contribution in [2.45, 2.75) is 0 Å². The van der Waals surface area contributed by atoms with E-state index >= 15 is 0 Å². The van der Waals surface area contributed by atoms with Crippen molar-refractivity contribution < 1.29 is 4.74 Å². The maximum absolute atomic E-state index is 5.79. The molecule has 2 heterocycles. The van der Waals surface area contributed by atoms with E-state index in [-0.39, 0.29) is 0 Å². The topological polar surface area (TPSA) is 21.6 Å². The van der Waals surface area contributed by atoms with Gasteiger partial charge in [-0.2, -0.15) is 0 Å². The SMILES string of the molecule is C1=c2ccc3c(c2OC1)-c1ccc2ccccc2c1N=3. The molecule has 2 nitrogen and oxygen atoms in total. The van der Waals surface area contributed by atoms with Crippen molar-refractivity contribution in [3.8, 4) is 16.9 Å². The second kappa shape index (κ2) is 3.48. The average molecular weight is 257 g/mol. The largest absolute Gasteiger partial charge is 0.488 e. The number of rotatable bonds is 0. The van der Waals surface area contributed by atoms with Gasteiger partial charge in [-0.3, -0.25) is 0 Å². The molecule has 0 radical (unpaired) electrons. The fourth-order valence-corrected chi connectivity index (χ4v) is 3.17. The Hall–Kier alpha value is -2.61. The van der Waals surface area contributed by atoms with Crippen molar-refractivity contribution in [1.82, 2.24) is 0 Å². The summed E-state index contributed by atoms with van der Waals surface area (Å²) in [6, 6.07) is 16.9. The predicted molar refractivity (Wildman–Crippen MR) is 79.8 cm³/mol. The molecule has 3 aromatic rings. The van der Waals surface area contributed by atoms with Crippen LogP contribution in [0.2, 0.25) is 0 Å². The molecule has 2 aliphatic rings. The van der Waals surface area contributed by atoms with E-state index in [1.54, 1.807) is 0 Å². The highest BCUT2D eigenvalue weighted by molar-refractivity contribution is 6.02. The van der Waals surface area contributed by atoms with Crippen molar-refractivity contribution in [3.63, 3.8) is 0 Å². The van der Waals surface area contributed by atoms with Gasteiger partial charge in [0.15, 0.2) is 0 Å². The van der Waals surface area contributed by atoms with Gasteiger partial charge < -0.3 is 4.74 Å². The third kappa shape index (κ3) is 1.16. The van der Waals surface area contributed by atoms with Gasteiger partial charge in [0, 0.05) is 16.2 Å². The van der Waals surface area contributed by atoms with Crippen LogP contribution in [0.3, 0.4) is 0 Å². The van der Waals surface area contributed by atoms with Crippen molar-refractivity contribution in [2.24, 2.45) is 4.99 Å². The molecule has 94 valence electrons. The van der Waals surface area contributed by atoms with Crippen LogP contribution in [0.25, 0.3) is 28.0 Å². The summed E-state index contributed by atoms with van der Waals surface area (Å²) in [4.78, 5) is 4.83. The van der Waals surface area contributed by atoms with Crippen LogP contribution in [0, 0.1) is 0 Å². The molecule has 20 heavy (non-hydrogen) atoms. The molecular formula is C18H11NO. The minimum atomic E-state index is 0.661. The molecule has 0 spiro atoms. The molecular weight excluding hydrogens is 246 g/mol. The zero-order chi connectivity index (χ0) is 13.1. The molecule has 0 saturated carbocycles. The summed E-state index contributed by atoms with van der Waals surface area (Å²) in [5.74, 6) is 0.986.